The number of rotatable bonds is 5. The Labute approximate surface area is 338 Å². The van der Waals surface area contributed by atoms with Crippen molar-refractivity contribution in [3.05, 3.63) is 96.8 Å². The first-order valence-corrected chi connectivity index (χ1v) is 19.9. The van der Waals surface area contributed by atoms with Gasteiger partial charge in [-0.25, -0.2) is 23.5 Å². The summed E-state index contributed by atoms with van der Waals surface area (Å²) in [6, 6.07) is 25.3. The van der Waals surface area contributed by atoms with Crippen LogP contribution in [-0.4, -0.2) is 83.8 Å². The van der Waals surface area contributed by atoms with Crippen molar-refractivity contribution in [1.29, 1.82) is 0 Å². The lowest BCUT2D eigenvalue weighted by atomic mass is 10.1. The number of carbonyl (C=O) groups is 1. The summed E-state index contributed by atoms with van der Waals surface area (Å²) in [5.74, 6) is 2.58. The third kappa shape index (κ3) is 8.78. The van der Waals surface area contributed by atoms with Crippen LogP contribution in [0.5, 0.6) is 11.5 Å². The molecular formula is C45H50F2N8O3. The van der Waals surface area contributed by atoms with Crippen molar-refractivity contribution in [2.24, 2.45) is 0 Å². The quantitative estimate of drug-likeness (QED) is 0.180. The summed E-state index contributed by atoms with van der Waals surface area (Å²) in [6.45, 7) is 13.3. The van der Waals surface area contributed by atoms with E-state index < -0.39 is 17.9 Å². The van der Waals surface area contributed by atoms with E-state index in [9.17, 15) is 13.6 Å². The van der Waals surface area contributed by atoms with Crippen molar-refractivity contribution in [1.82, 2.24) is 15.0 Å². The van der Waals surface area contributed by atoms with Crippen LogP contribution in [0.25, 0.3) is 22.5 Å². The van der Waals surface area contributed by atoms with E-state index in [1.807, 2.05) is 98.5 Å². The van der Waals surface area contributed by atoms with E-state index in [0.29, 0.717) is 56.3 Å². The Morgan fingerprint density at radius 1 is 0.776 bits per heavy atom. The Bertz CT molecular complexity index is 2300. The van der Waals surface area contributed by atoms with E-state index in [0.717, 1.165) is 64.1 Å². The monoisotopic (exact) mass is 788 g/mol. The Morgan fingerprint density at radius 2 is 1.38 bits per heavy atom. The summed E-state index contributed by atoms with van der Waals surface area (Å²) in [5, 5.41) is 6.27. The van der Waals surface area contributed by atoms with Crippen molar-refractivity contribution >= 4 is 34.7 Å². The molecule has 2 fully saturated rings. The normalized spacial score (nSPS) is 20.1. The molecule has 7 heterocycles. The number of hydrogen-bond donors (Lipinski definition) is 2. The van der Waals surface area contributed by atoms with Gasteiger partial charge in [0.25, 0.3) is 0 Å². The number of benzene rings is 2. The second-order valence-corrected chi connectivity index (χ2v) is 16.7. The van der Waals surface area contributed by atoms with Crippen molar-refractivity contribution < 1.29 is 23.0 Å². The first-order valence-electron chi connectivity index (χ1n) is 19.9. The summed E-state index contributed by atoms with van der Waals surface area (Å²) in [4.78, 5) is 32.7. The van der Waals surface area contributed by atoms with Crippen LogP contribution in [0.4, 0.5) is 42.3 Å². The maximum Gasteiger partial charge on any atom is 0.327 e. The second kappa shape index (κ2) is 15.8. The number of halogens is 2. The van der Waals surface area contributed by atoms with E-state index in [1.54, 1.807) is 17.3 Å². The number of anilines is 5. The molecule has 4 aliphatic rings. The molecule has 2 atom stereocenters. The number of urea groups is 1. The highest BCUT2D eigenvalue weighted by atomic mass is 19.1. The fraction of sp³-hybridized carbons (Fsp3) is 0.378. The van der Waals surface area contributed by atoms with Gasteiger partial charge in [0.15, 0.2) is 23.1 Å². The molecule has 58 heavy (non-hydrogen) atoms. The van der Waals surface area contributed by atoms with E-state index in [4.69, 9.17) is 19.4 Å². The predicted molar refractivity (Wildman–Crippen MR) is 226 cm³/mol. The largest absolute Gasteiger partial charge is 0.482 e. The van der Waals surface area contributed by atoms with Gasteiger partial charge in [0, 0.05) is 54.9 Å². The summed E-state index contributed by atoms with van der Waals surface area (Å²) >= 11 is 0. The molecule has 13 heteroatoms. The lowest BCUT2D eigenvalue weighted by molar-refractivity contribution is 0.106. The first-order chi connectivity index (χ1) is 27.8. The zero-order valence-electron chi connectivity index (χ0n) is 33.6. The zero-order valence-corrected chi connectivity index (χ0v) is 33.6. The van der Waals surface area contributed by atoms with Crippen LogP contribution in [0.1, 0.15) is 46.1 Å². The topological polar surface area (TPSA) is 108 Å². The molecule has 2 saturated heterocycles. The highest BCUT2D eigenvalue weighted by Crippen LogP contribution is 2.39. The number of hydrogen-bond acceptors (Lipinski definition) is 9. The van der Waals surface area contributed by atoms with E-state index >= 15 is 0 Å². The van der Waals surface area contributed by atoms with Gasteiger partial charge in [0.05, 0.1) is 36.4 Å². The van der Waals surface area contributed by atoms with Gasteiger partial charge < -0.3 is 29.9 Å². The van der Waals surface area contributed by atoms with Crippen LogP contribution in [0, 0.1) is 6.92 Å². The Morgan fingerprint density at radius 3 is 1.98 bits per heavy atom. The standard InChI is InChI=1S/C26H28FN5O2.C19H22FN3O/c1-17-11-20(14-28-13-17)29-25(33)32-16-26(2,3)34-23-8-7-22(30-24(23)32)18-5-4-6-21(12-18)31-10-9-19(27)15-31;1-19(2)12-21-18-17(24-19)7-6-16(22-18)13-4-3-5-15(10-13)23-9-8-14(20)11-23/h4-8,11-14,19H,9-10,15-16H2,1-3H3,(H,29,33);3-7,10,14H,8-9,11-12H2,1-2H3,(H,21,22)/t19-;14-/m00/s1. The van der Waals surface area contributed by atoms with Crippen LogP contribution >= 0.6 is 0 Å². The average Bonchev–Trinajstić information content (AvgIpc) is 3.85. The van der Waals surface area contributed by atoms with Gasteiger partial charge >= 0.3 is 6.03 Å². The minimum Gasteiger partial charge on any atom is -0.482 e. The summed E-state index contributed by atoms with van der Waals surface area (Å²) in [6.07, 6.45) is 3.00. The fourth-order valence-corrected chi connectivity index (χ4v) is 7.71. The minimum absolute atomic E-state index is 0.227. The molecule has 2 amide bonds. The van der Waals surface area contributed by atoms with Crippen LogP contribution in [0.2, 0.25) is 0 Å². The first kappa shape index (κ1) is 38.9. The van der Waals surface area contributed by atoms with Crippen LogP contribution in [-0.2, 0) is 0 Å². The maximum absolute atomic E-state index is 13.7. The number of aryl methyl sites for hydroxylation is 1. The van der Waals surface area contributed by atoms with Crippen molar-refractivity contribution in [3.63, 3.8) is 0 Å². The number of nitrogens with zero attached hydrogens (tertiary/aromatic N) is 6. The van der Waals surface area contributed by atoms with Crippen molar-refractivity contribution in [2.75, 3.05) is 64.6 Å². The molecule has 9 rings (SSSR count). The number of fused-ring (bicyclic) bond motifs is 2. The zero-order chi connectivity index (χ0) is 40.6. The molecule has 0 aliphatic carbocycles. The number of ether oxygens (including phenoxy) is 2. The molecule has 2 N–H and O–H groups in total. The molecule has 3 aromatic heterocycles. The highest BCUT2D eigenvalue weighted by molar-refractivity contribution is 6.02. The molecule has 2 aromatic carbocycles. The van der Waals surface area contributed by atoms with Crippen LogP contribution in [0.15, 0.2) is 91.3 Å². The second-order valence-electron chi connectivity index (χ2n) is 16.7. The minimum atomic E-state index is -0.790. The number of nitrogens with one attached hydrogen (secondary N) is 2. The molecule has 0 radical (unpaired) electrons. The van der Waals surface area contributed by atoms with Gasteiger partial charge in [-0.1, -0.05) is 24.3 Å². The third-order valence-corrected chi connectivity index (χ3v) is 10.6. The molecule has 0 unspecified atom stereocenters. The summed E-state index contributed by atoms with van der Waals surface area (Å²) < 4.78 is 39.3. The number of pyridine rings is 3. The summed E-state index contributed by atoms with van der Waals surface area (Å²) in [5.41, 5.74) is 6.34. The summed E-state index contributed by atoms with van der Waals surface area (Å²) in [7, 11) is 0. The van der Waals surface area contributed by atoms with Gasteiger partial charge in [-0.3, -0.25) is 9.88 Å². The average molecular weight is 789 g/mol. The maximum atomic E-state index is 13.7. The SMILES string of the molecule is CC1(C)CNc2nc(-c3cccc(N4CC[C@H](F)C4)c3)ccc2O1.Cc1cncc(NC(=O)N2CC(C)(C)Oc3ccc(-c4cccc(N5CC[C@H](F)C5)c4)nc32)c1. The van der Waals surface area contributed by atoms with E-state index in [1.165, 1.54) is 0 Å². The van der Waals surface area contributed by atoms with Crippen molar-refractivity contribution in [2.45, 2.75) is 71.0 Å². The Hall–Kier alpha value is -5.98. The fourth-order valence-electron chi connectivity index (χ4n) is 7.71. The molecule has 0 bridgehead atoms. The number of carbonyl (C=O) groups excluding carboxylic acids is 1. The molecule has 5 aromatic rings. The number of amides is 2. The number of alkyl halides is 2. The van der Waals surface area contributed by atoms with Gasteiger partial charge in [-0.05, 0) is 108 Å². The Balaban J connectivity index is 0.000000172. The van der Waals surface area contributed by atoms with Crippen LogP contribution < -0.4 is 34.8 Å². The van der Waals surface area contributed by atoms with E-state index in [2.05, 4.69) is 40.4 Å². The predicted octanol–water partition coefficient (Wildman–Crippen LogP) is 9.09. The molecular weight excluding hydrogens is 739 g/mol. The highest BCUT2D eigenvalue weighted by Gasteiger charge is 2.37. The smallest absolute Gasteiger partial charge is 0.327 e. The molecule has 302 valence electrons. The lowest BCUT2D eigenvalue weighted by Gasteiger charge is -2.38. The van der Waals surface area contributed by atoms with Gasteiger partial charge in [-0.15, -0.1) is 0 Å². The lowest BCUT2D eigenvalue weighted by Crippen LogP contribution is -2.51. The van der Waals surface area contributed by atoms with Gasteiger partial charge in [-0.2, -0.15) is 0 Å². The van der Waals surface area contributed by atoms with Crippen molar-refractivity contribution in [3.8, 4) is 34.0 Å². The third-order valence-electron chi connectivity index (χ3n) is 10.6. The Kier molecular flexibility index (Phi) is 10.6. The molecule has 0 spiro atoms. The van der Waals surface area contributed by atoms with Gasteiger partial charge in [0.1, 0.15) is 23.5 Å². The molecule has 0 saturated carbocycles. The number of aromatic nitrogens is 3. The van der Waals surface area contributed by atoms with E-state index in [-0.39, 0.29) is 11.6 Å². The molecule has 4 aliphatic heterocycles. The van der Waals surface area contributed by atoms with Crippen LogP contribution in [0.3, 0.4) is 0 Å². The molecule has 11 nitrogen and oxygen atoms in total. The van der Waals surface area contributed by atoms with Gasteiger partial charge in [0.2, 0.25) is 0 Å².